The van der Waals surface area contributed by atoms with E-state index in [0.717, 1.165) is 25.9 Å². The fourth-order valence-electron chi connectivity index (χ4n) is 2.69. The lowest BCUT2D eigenvalue weighted by Crippen LogP contribution is -2.40. The van der Waals surface area contributed by atoms with Gasteiger partial charge in [0.05, 0.1) is 10.6 Å². The van der Waals surface area contributed by atoms with Crippen molar-refractivity contribution in [2.45, 2.75) is 30.7 Å². The van der Waals surface area contributed by atoms with E-state index in [-0.39, 0.29) is 35.0 Å². The SMILES string of the molecule is CCS(=O)(=O)c1ccc(C(=O)N2CCCC2CNC)cc1.Cl. The zero-order valence-corrected chi connectivity index (χ0v) is 14.5. The molecule has 0 spiro atoms. The Kier molecular flexibility index (Phi) is 6.84. The van der Waals surface area contributed by atoms with Crippen LogP contribution in [-0.2, 0) is 9.84 Å². The average Bonchev–Trinajstić information content (AvgIpc) is 2.95. The molecule has 1 N–H and O–H groups in total. The van der Waals surface area contributed by atoms with Gasteiger partial charge in [0, 0.05) is 24.7 Å². The number of likely N-dealkylation sites (N-methyl/N-ethyl adjacent to an activating group) is 1. The highest BCUT2D eigenvalue weighted by atomic mass is 35.5. The molecular formula is C15H23ClN2O3S. The molecule has 0 radical (unpaired) electrons. The molecular weight excluding hydrogens is 324 g/mol. The largest absolute Gasteiger partial charge is 0.334 e. The maximum absolute atomic E-state index is 12.5. The first-order valence-electron chi connectivity index (χ1n) is 7.28. The molecule has 1 atom stereocenters. The van der Waals surface area contributed by atoms with Gasteiger partial charge in [0.1, 0.15) is 0 Å². The van der Waals surface area contributed by atoms with Gasteiger partial charge < -0.3 is 10.2 Å². The fourth-order valence-corrected chi connectivity index (χ4v) is 3.57. The Balaban J connectivity index is 0.00000242. The normalized spacial score (nSPS) is 18.1. The number of benzene rings is 1. The van der Waals surface area contributed by atoms with Crippen molar-refractivity contribution < 1.29 is 13.2 Å². The lowest BCUT2D eigenvalue weighted by Gasteiger charge is -2.24. The smallest absolute Gasteiger partial charge is 0.254 e. The van der Waals surface area contributed by atoms with Crippen LogP contribution in [0.15, 0.2) is 29.2 Å². The summed E-state index contributed by atoms with van der Waals surface area (Å²) >= 11 is 0. The summed E-state index contributed by atoms with van der Waals surface area (Å²) in [6.07, 6.45) is 2.02. The summed E-state index contributed by atoms with van der Waals surface area (Å²) in [7, 11) is -1.33. The second-order valence-corrected chi connectivity index (χ2v) is 7.56. The van der Waals surface area contributed by atoms with E-state index in [1.807, 2.05) is 11.9 Å². The van der Waals surface area contributed by atoms with E-state index in [4.69, 9.17) is 0 Å². The lowest BCUT2D eigenvalue weighted by molar-refractivity contribution is 0.0737. The summed E-state index contributed by atoms with van der Waals surface area (Å²) in [5.41, 5.74) is 0.549. The third kappa shape index (κ3) is 4.00. The minimum atomic E-state index is -3.21. The van der Waals surface area contributed by atoms with Crippen LogP contribution in [0.1, 0.15) is 30.1 Å². The summed E-state index contributed by atoms with van der Waals surface area (Å²) in [5.74, 6) is 0.0459. The number of carbonyl (C=O) groups excluding carboxylic acids is 1. The van der Waals surface area contributed by atoms with Crippen LogP contribution in [0, 0.1) is 0 Å². The Morgan fingerprint density at radius 1 is 1.32 bits per heavy atom. The van der Waals surface area contributed by atoms with E-state index in [0.29, 0.717) is 5.56 Å². The van der Waals surface area contributed by atoms with E-state index in [2.05, 4.69) is 5.32 Å². The van der Waals surface area contributed by atoms with Crippen LogP contribution in [-0.4, -0.2) is 51.2 Å². The van der Waals surface area contributed by atoms with Gasteiger partial charge in [-0.1, -0.05) is 6.92 Å². The summed E-state index contributed by atoms with van der Waals surface area (Å²) < 4.78 is 23.5. The van der Waals surface area contributed by atoms with Crippen LogP contribution in [0.4, 0.5) is 0 Å². The standard InChI is InChI=1S/C15H22N2O3S.ClH/c1-3-21(19,20)14-8-6-12(7-9-14)15(18)17-10-4-5-13(17)11-16-2;/h6-9,13,16H,3-5,10-11H2,1-2H3;1H. The number of nitrogens with zero attached hydrogens (tertiary/aromatic N) is 1. The van der Waals surface area contributed by atoms with Gasteiger partial charge in [-0.05, 0) is 44.2 Å². The molecule has 0 aromatic heterocycles. The van der Waals surface area contributed by atoms with Gasteiger partial charge in [-0.15, -0.1) is 12.4 Å². The average molecular weight is 347 g/mol. The molecule has 7 heteroatoms. The second kappa shape index (κ2) is 7.94. The van der Waals surface area contributed by atoms with E-state index in [9.17, 15) is 13.2 Å². The molecule has 1 fully saturated rings. The molecule has 1 aliphatic rings. The number of nitrogens with one attached hydrogen (secondary N) is 1. The number of hydrogen-bond donors (Lipinski definition) is 1. The number of hydrogen-bond acceptors (Lipinski definition) is 4. The molecule has 1 heterocycles. The van der Waals surface area contributed by atoms with Crippen LogP contribution in [0.25, 0.3) is 0 Å². The monoisotopic (exact) mass is 346 g/mol. The first-order valence-corrected chi connectivity index (χ1v) is 8.93. The van der Waals surface area contributed by atoms with Gasteiger partial charge in [-0.25, -0.2) is 8.42 Å². The summed E-state index contributed by atoms with van der Waals surface area (Å²) in [6, 6.07) is 6.49. The second-order valence-electron chi connectivity index (χ2n) is 5.28. The lowest BCUT2D eigenvalue weighted by atomic mass is 10.1. The minimum Gasteiger partial charge on any atom is -0.334 e. The molecule has 1 unspecified atom stereocenters. The van der Waals surface area contributed by atoms with Crippen molar-refractivity contribution in [2.75, 3.05) is 25.9 Å². The Hall–Kier alpha value is -1.11. The third-order valence-electron chi connectivity index (χ3n) is 3.92. The van der Waals surface area contributed by atoms with Crippen LogP contribution >= 0.6 is 12.4 Å². The zero-order chi connectivity index (χ0) is 15.5. The zero-order valence-electron chi connectivity index (χ0n) is 12.9. The molecule has 1 aromatic carbocycles. The van der Waals surface area contributed by atoms with Gasteiger partial charge in [-0.2, -0.15) is 0 Å². The van der Waals surface area contributed by atoms with E-state index in [1.54, 1.807) is 19.1 Å². The quantitative estimate of drug-likeness (QED) is 0.881. The van der Waals surface area contributed by atoms with Gasteiger partial charge in [0.25, 0.3) is 5.91 Å². The summed E-state index contributed by atoms with van der Waals surface area (Å²) in [4.78, 5) is 14.7. The first-order chi connectivity index (χ1) is 9.99. The highest BCUT2D eigenvalue weighted by Gasteiger charge is 2.28. The topological polar surface area (TPSA) is 66.5 Å². The molecule has 5 nitrogen and oxygen atoms in total. The van der Waals surface area contributed by atoms with E-state index < -0.39 is 9.84 Å². The summed E-state index contributed by atoms with van der Waals surface area (Å²) in [6.45, 7) is 3.16. The highest BCUT2D eigenvalue weighted by Crippen LogP contribution is 2.20. The summed E-state index contributed by atoms with van der Waals surface area (Å²) in [5, 5.41) is 3.11. The Morgan fingerprint density at radius 2 is 1.95 bits per heavy atom. The Bertz CT molecular complexity index is 602. The molecule has 0 aliphatic carbocycles. The molecule has 1 amide bonds. The first kappa shape index (κ1) is 18.9. The van der Waals surface area contributed by atoms with E-state index >= 15 is 0 Å². The molecule has 1 aromatic rings. The van der Waals surface area contributed by atoms with Gasteiger partial charge in [0.2, 0.25) is 0 Å². The number of sulfone groups is 1. The molecule has 124 valence electrons. The molecule has 0 bridgehead atoms. The highest BCUT2D eigenvalue weighted by molar-refractivity contribution is 7.91. The van der Waals surface area contributed by atoms with Crippen molar-refractivity contribution in [3.05, 3.63) is 29.8 Å². The molecule has 1 saturated heterocycles. The van der Waals surface area contributed by atoms with Crippen LogP contribution in [0.5, 0.6) is 0 Å². The number of amides is 1. The van der Waals surface area contributed by atoms with Crippen molar-refractivity contribution in [3.63, 3.8) is 0 Å². The number of halogens is 1. The van der Waals surface area contributed by atoms with Crippen molar-refractivity contribution >= 4 is 28.2 Å². The van der Waals surface area contributed by atoms with Gasteiger partial charge in [-0.3, -0.25) is 4.79 Å². The predicted molar refractivity (Wildman–Crippen MR) is 89.4 cm³/mol. The fraction of sp³-hybridized carbons (Fsp3) is 0.533. The maximum atomic E-state index is 12.5. The number of likely N-dealkylation sites (tertiary alicyclic amines) is 1. The Morgan fingerprint density at radius 3 is 2.50 bits per heavy atom. The van der Waals surface area contributed by atoms with E-state index in [1.165, 1.54) is 12.1 Å². The molecule has 2 rings (SSSR count). The maximum Gasteiger partial charge on any atom is 0.254 e. The van der Waals surface area contributed by atoms with Gasteiger partial charge in [0.15, 0.2) is 9.84 Å². The number of carbonyl (C=O) groups is 1. The minimum absolute atomic E-state index is 0. The predicted octanol–water partition coefficient (Wildman–Crippen LogP) is 1.73. The Labute approximate surface area is 138 Å². The van der Waals surface area contributed by atoms with Crippen molar-refractivity contribution in [1.82, 2.24) is 10.2 Å². The number of rotatable bonds is 5. The third-order valence-corrected chi connectivity index (χ3v) is 5.67. The van der Waals surface area contributed by atoms with Crippen molar-refractivity contribution in [2.24, 2.45) is 0 Å². The van der Waals surface area contributed by atoms with Crippen molar-refractivity contribution in [1.29, 1.82) is 0 Å². The van der Waals surface area contributed by atoms with Crippen molar-refractivity contribution in [3.8, 4) is 0 Å². The van der Waals surface area contributed by atoms with Crippen LogP contribution in [0.3, 0.4) is 0 Å². The molecule has 1 aliphatic heterocycles. The molecule has 0 saturated carbocycles. The van der Waals surface area contributed by atoms with Crippen LogP contribution < -0.4 is 5.32 Å². The van der Waals surface area contributed by atoms with Crippen LogP contribution in [0.2, 0.25) is 0 Å². The molecule has 22 heavy (non-hydrogen) atoms. The van der Waals surface area contributed by atoms with Gasteiger partial charge >= 0.3 is 0 Å².